The Morgan fingerprint density at radius 3 is 2.64 bits per heavy atom. The number of thioether (sulfide) groups is 1. The number of H-pyrrole nitrogens is 1. The molecule has 0 unspecified atom stereocenters. The van der Waals surface area contributed by atoms with Crippen LogP contribution in [-0.4, -0.2) is 20.2 Å². The zero-order chi connectivity index (χ0) is 16.6. The summed E-state index contributed by atoms with van der Waals surface area (Å²) in [6, 6.07) is 18.2. The summed E-state index contributed by atoms with van der Waals surface area (Å²) >= 11 is 1.87. The molecule has 3 heterocycles. The van der Waals surface area contributed by atoms with Crippen molar-refractivity contribution >= 4 is 34.3 Å². The Balaban J connectivity index is 1.62. The van der Waals surface area contributed by atoms with Gasteiger partial charge in [-0.3, -0.25) is 5.10 Å². The highest BCUT2D eigenvalue weighted by molar-refractivity contribution is 7.98. The Bertz CT molecular complexity index is 1060. The van der Waals surface area contributed by atoms with E-state index in [1.54, 1.807) is 0 Å². The van der Waals surface area contributed by atoms with Crippen molar-refractivity contribution in [2.45, 2.75) is 11.5 Å². The Morgan fingerprint density at radius 2 is 1.72 bits per heavy atom. The summed E-state index contributed by atoms with van der Waals surface area (Å²) in [5.41, 5.74) is 4.32. The summed E-state index contributed by atoms with van der Waals surface area (Å²) in [6.07, 6.45) is 0. The van der Waals surface area contributed by atoms with E-state index in [4.69, 9.17) is 9.97 Å². The SMILES string of the molecule is c1ccc(-c2nc3c(c(Nc4n[nH]c5ccccc45)n2)CSC3)cc1. The lowest BCUT2D eigenvalue weighted by molar-refractivity contribution is 1.06. The molecule has 0 saturated heterocycles. The highest BCUT2D eigenvalue weighted by Crippen LogP contribution is 2.36. The van der Waals surface area contributed by atoms with Crippen LogP contribution in [0.25, 0.3) is 22.3 Å². The number of hydrogen-bond acceptors (Lipinski definition) is 5. The van der Waals surface area contributed by atoms with Gasteiger partial charge in [0.15, 0.2) is 11.6 Å². The normalized spacial score (nSPS) is 13.1. The van der Waals surface area contributed by atoms with E-state index >= 15 is 0 Å². The first-order valence-electron chi connectivity index (χ1n) is 8.11. The average Bonchev–Trinajstić information content (AvgIpc) is 3.30. The van der Waals surface area contributed by atoms with Gasteiger partial charge in [0.25, 0.3) is 0 Å². The number of nitrogens with zero attached hydrogens (tertiary/aromatic N) is 3. The number of hydrogen-bond donors (Lipinski definition) is 2. The number of anilines is 2. The van der Waals surface area contributed by atoms with Crippen molar-refractivity contribution in [1.29, 1.82) is 0 Å². The maximum Gasteiger partial charge on any atom is 0.161 e. The molecule has 122 valence electrons. The molecule has 0 amide bonds. The molecule has 2 aromatic heterocycles. The van der Waals surface area contributed by atoms with Crippen LogP contribution in [-0.2, 0) is 11.5 Å². The van der Waals surface area contributed by atoms with Crippen molar-refractivity contribution in [3.05, 3.63) is 65.9 Å². The summed E-state index contributed by atoms with van der Waals surface area (Å²) in [7, 11) is 0. The van der Waals surface area contributed by atoms with Crippen LogP contribution in [0.4, 0.5) is 11.6 Å². The average molecular weight is 345 g/mol. The second-order valence-corrected chi connectivity index (χ2v) is 6.91. The third kappa shape index (κ3) is 2.55. The van der Waals surface area contributed by atoms with E-state index in [1.807, 2.05) is 60.3 Å². The van der Waals surface area contributed by atoms with E-state index in [1.165, 1.54) is 5.56 Å². The molecule has 0 atom stereocenters. The molecule has 5 rings (SSSR count). The Kier molecular flexibility index (Phi) is 3.41. The number of aromatic nitrogens is 4. The molecule has 0 spiro atoms. The van der Waals surface area contributed by atoms with Gasteiger partial charge in [-0.05, 0) is 12.1 Å². The van der Waals surface area contributed by atoms with Gasteiger partial charge in [-0.15, -0.1) is 0 Å². The van der Waals surface area contributed by atoms with Gasteiger partial charge in [0.2, 0.25) is 0 Å². The Hall–Kier alpha value is -2.86. The van der Waals surface area contributed by atoms with Gasteiger partial charge in [0.05, 0.1) is 11.2 Å². The summed E-state index contributed by atoms with van der Waals surface area (Å²) in [6.45, 7) is 0. The van der Waals surface area contributed by atoms with Crippen molar-refractivity contribution in [3.63, 3.8) is 0 Å². The number of nitrogens with one attached hydrogen (secondary N) is 2. The van der Waals surface area contributed by atoms with Gasteiger partial charge in [0.1, 0.15) is 5.82 Å². The third-order valence-electron chi connectivity index (χ3n) is 4.32. The molecule has 2 N–H and O–H groups in total. The molecule has 0 saturated carbocycles. The van der Waals surface area contributed by atoms with Gasteiger partial charge < -0.3 is 5.32 Å². The van der Waals surface area contributed by atoms with Gasteiger partial charge in [-0.25, -0.2) is 9.97 Å². The third-order valence-corrected chi connectivity index (χ3v) is 5.29. The van der Waals surface area contributed by atoms with E-state index < -0.39 is 0 Å². The molecule has 1 aliphatic rings. The molecule has 4 aromatic rings. The Morgan fingerprint density at radius 1 is 0.880 bits per heavy atom. The van der Waals surface area contributed by atoms with Gasteiger partial charge in [-0.2, -0.15) is 16.9 Å². The molecule has 5 nitrogen and oxygen atoms in total. The van der Waals surface area contributed by atoms with Crippen LogP contribution in [0, 0.1) is 0 Å². The molecule has 6 heteroatoms. The first-order valence-corrected chi connectivity index (χ1v) is 9.27. The summed E-state index contributed by atoms with van der Waals surface area (Å²) < 4.78 is 0. The monoisotopic (exact) mass is 345 g/mol. The van der Waals surface area contributed by atoms with Crippen LogP contribution >= 0.6 is 11.8 Å². The van der Waals surface area contributed by atoms with Crippen molar-refractivity contribution in [3.8, 4) is 11.4 Å². The quantitative estimate of drug-likeness (QED) is 0.572. The number of aromatic amines is 1. The fourth-order valence-electron chi connectivity index (χ4n) is 3.04. The molecule has 0 aliphatic carbocycles. The van der Waals surface area contributed by atoms with Crippen LogP contribution < -0.4 is 5.32 Å². The molecule has 2 aromatic carbocycles. The molecule has 1 aliphatic heterocycles. The van der Waals surface area contributed by atoms with E-state index in [-0.39, 0.29) is 0 Å². The highest BCUT2D eigenvalue weighted by Gasteiger charge is 2.21. The Labute approximate surface area is 148 Å². The van der Waals surface area contributed by atoms with Crippen LogP contribution in [0.15, 0.2) is 54.6 Å². The van der Waals surface area contributed by atoms with E-state index in [0.29, 0.717) is 0 Å². The maximum absolute atomic E-state index is 4.81. The molecular formula is C19H15N5S. The van der Waals surface area contributed by atoms with Crippen LogP contribution in [0.2, 0.25) is 0 Å². The van der Waals surface area contributed by atoms with Gasteiger partial charge in [0, 0.05) is 28.0 Å². The molecule has 0 bridgehead atoms. The van der Waals surface area contributed by atoms with E-state index in [2.05, 4.69) is 21.6 Å². The first-order chi connectivity index (χ1) is 12.4. The number of para-hydroxylation sites is 1. The van der Waals surface area contributed by atoms with Crippen molar-refractivity contribution in [2.24, 2.45) is 0 Å². The summed E-state index contributed by atoms with van der Waals surface area (Å²) in [5, 5.41) is 12.0. The van der Waals surface area contributed by atoms with Crippen LogP contribution in [0.3, 0.4) is 0 Å². The highest BCUT2D eigenvalue weighted by atomic mass is 32.2. The number of fused-ring (bicyclic) bond motifs is 2. The van der Waals surface area contributed by atoms with E-state index in [0.717, 1.165) is 51.1 Å². The number of rotatable bonds is 3. The lowest BCUT2D eigenvalue weighted by Crippen LogP contribution is -2.04. The molecular weight excluding hydrogens is 330 g/mol. The van der Waals surface area contributed by atoms with Crippen LogP contribution in [0.5, 0.6) is 0 Å². The van der Waals surface area contributed by atoms with Crippen molar-refractivity contribution in [1.82, 2.24) is 20.2 Å². The van der Waals surface area contributed by atoms with E-state index in [9.17, 15) is 0 Å². The zero-order valence-electron chi connectivity index (χ0n) is 13.4. The summed E-state index contributed by atoms with van der Waals surface area (Å²) in [4.78, 5) is 9.58. The molecule has 0 radical (unpaired) electrons. The minimum Gasteiger partial charge on any atom is -0.323 e. The second kappa shape index (κ2) is 5.89. The largest absolute Gasteiger partial charge is 0.323 e. The number of benzene rings is 2. The van der Waals surface area contributed by atoms with Gasteiger partial charge in [-0.1, -0.05) is 42.5 Å². The van der Waals surface area contributed by atoms with Crippen molar-refractivity contribution in [2.75, 3.05) is 5.32 Å². The molecule has 0 fully saturated rings. The fourth-order valence-corrected chi connectivity index (χ4v) is 4.08. The second-order valence-electron chi connectivity index (χ2n) is 5.92. The standard InChI is InChI=1S/C19H15N5S/c1-2-6-12(7-3-1)17-20-16-11-25-10-14(16)18(21-17)22-19-13-8-4-5-9-15(13)23-24-19/h1-9H,10-11H2,(H2,20,21,22,23,24). The van der Waals surface area contributed by atoms with Crippen molar-refractivity contribution < 1.29 is 0 Å². The minimum absolute atomic E-state index is 0.754. The fraction of sp³-hybridized carbons (Fsp3) is 0.105. The zero-order valence-corrected chi connectivity index (χ0v) is 14.2. The smallest absolute Gasteiger partial charge is 0.161 e. The lowest BCUT2D eigenvalue weighted by atomic mass is 10.2. The predicted molar refractivity (Wildman–Crippen MR) is 102 cm³/mol. The minimum atomic E-state index is 0.754. The first kappa shape index (κ1) is 14.5. The lowest BCUT2D eigenvalue weighted by Gasteiger charge is -2.10. The maximum atomic E-state index is 4.81. The predicted octanol–water partition coefficient (Wildman–Crippen LogP) is 4.51. The summed E-state index contributed by atoms with van der Waals surface area (Å²) in [5.74, 6) is 4.26. The topological polar surface area (TPSA) is 66.5 Å². The van der Waals surface area contributed by atoms with Crippen LogP contribution in [0.1, 0.15) is 11.3 Å². The van der Waals surface area contributed by atoms with Gasteiger partial charge >= 0.3 is 0 Å². The molecule has 25 heavy (non-hydrogen) atoms.